The van der Waals surface area contributed by atoms with E-state index in [1.54, 1.807) is 39.2 Å². The van der Waals surface area contributed by atoms with Crippen LogP contribution in [0.1, 0.15) is 151 Å². The molecular weight excluding hydrogens is 1970 g/mol. The average molecular weight is 2120 g/mol. The lowest BCUT2D eigenvalue weighted by Crippen LogP contribution is -2.30. The molecule has 143 heavy (non-hydrogen) atoms. The molecule has 14 rings (SSSR count). The van der Waals surface area contributed by atoms with Gasteiger partial charge in [-0.3, -0.25) is 47.2 Å². The molecular formula is C98H144F4N16O19S6. The van der Waals surface area contributed by atoms with Crippen LogP contribution in [0, 0.1) is 23.2 Å². The molecule has 2 aliphatic carbocycles. The Morgan fingerprint density at radius 2 is 0.678 bits per heavy atom. The monoisotopic (exact) mass is 2120 g/mol. The van der Waals surface area contributed by atoms with E-state index in [9.17, 15) is 73.2 Å². The van der Waals surface area contributed by atoms with E-state index in [0.717, 1.165) is 182 Å². The number of ether oxygens (including phenoxy) is 6. The molecule has 2 unspecified atom stereocenters. The Bertz CT molecular complexity index is 6070. The normalized spacial score (nSPS) is 16.5. The third-order valence-electron chi connectivity index (χ3n) is 24.0. The maximum absolute atomic E-state index is 14.3. The maximum Gasteiger partial charge on any atom is 0.418 e. The number of sulfone groups is 2. The minimum absolute atomic E-state index is 0.00428. The van der Waals surface area contributed by atoms with Gasteiger partial charge in [0, 0.05) is 103 Å². The van der Waals surface area contributed by atoms with E-state index in [1.807, 2.05) is 72.8 Å². The van der Waals surface area contributed by atoms with Gasteiger partial charge >= 0.3 is 6.18 Å². The fourth-order valence-electron chi connectivity index (χ4n) is 16.0. The Balaban J connectivity index is 0.000000191. The van der Waals surface area contributed by atoms with Gasteiger partial charge in [0.1, 0.15) is 115 Å². The topological polar surface area (TPSA) is 440 Å². The van der Waals surface area contributed by atoms with Crippen molar-refractivity contribution < 1.29 is 102 Å². The zero-order chi connectivity index (χ0) is 106. The van der Waals surface area contributed by atoms with Crippen molar-refractivity contribution in [1.82, 2.24) is 31.9 Å². The van der Waals surface area contributed by atoms with Crippen LogP contribution in [0.25, 0.3) is 0 Å². The highest BCUT2D eigenvalue weighted by molar-refractivity contribution is 7.93. The van der Waals surface area contributed by atoms with E-state index in [1.165, 1.54) is 85.6 Å². The molecule has 2 atom stereocenters. The molecule has 2 saturated carbocycles. The lowest BCUT2D eigenvalue weighted by Gasteiger charge is -2.26. The predicted molar refractivity (Wildman–Crippen MR) is 562 cm³/mol. The first-order valence-electron chi connectivity index (χ1n) is 47.4. The molecule has 8 aliphatic rings. The summed E-state index contributed by atoms with van der Waals surface area (Å²) in [6.45, 7) is 30.3. The lowest BCUT2D eigenvalue weighted by molar-refractivity contribution is -0.207. The predicted octanol–water partition coefficient (Wildman–Crippen LogP) is 10.9. The third kappa shape index (κ3) is 35.2. The van der Waals surface area contributed by atoms with Gasteiger partial charge in [0.15, 0.2) is 25.8 Å². The number of aliphatic imine (C=N–C) groups is 6. The van der Waals surface area contributed by atoms with Crippen LogP contribution < -0.4 is 77.5 Å². The summed E-state index contributed by atoms with van der Waals surface area (Å²) in [6.07, 6.45) is 6.12. The molecule has 7 N–H and O–H groups in total. The number of halogens is 4. The molecule has 6 aromatic carbocycles. The summed E-state index contributed by atoms with van der Waals surface area (Å²) in [6, 6.07) is 31.4. The number of amidine groups is 6. The minimum atomic E-state index is -4.99. The van der Waals surface area contributed by atoms with Gasteiger partial charge in [-0.15, -0.1) is 0 Å². The average Bonchev–Trinajstić information content (AvgIpc) is 1.56. The van der Waals surface area contributed by atoms with Gasteiger partial charge in [-0.1, -0.05) is 97.0 Å². The van der Waals surface area contributed by atoms with Gasteiger partial charge in [-0.05, 0) is 178 Å². The summed E-state index contributed by atoms with van der Waals surface area (Å²) < 4.78 is 236. The van der Waals surface area contributed by atoms with Crippen molar-refractivity contribution in [3.63, 3.8) is 0 Å². The number of hydrogen-bond acceptors (Lipinski definition) is 31. The fourth-order valence-corrected chi connectivity index (χ4v) is 20.2. The number of nitrogens with one attached hydrogen (secondary N) is 6. The molecule has 794 valence electrons. The highest BCUT2D eigenvalue weighted by Crippen LogP contribution is 2.55. The number of aliphatic hydroxyl groups excluding tert-OH is 1. The van der Waals surface area contributed by atoms with Crippen molar-refractivity contribution >= 4 is 118 Å². The molecule has 0 radical (unpaired) electrons. The summed E-state index contributed by atoms with van der Waals surface area (Å²) in [4.78, 5) is 25.6. The first-order chi connectivity index (χ1) is 66.7. The fraction of sp³-hybridized carbons (Fsp3) is 0.571. The van der Waals surface area contributed by atoms with Crippen molar-refractivity contribution in [3.05, 3.63) is 154 Å². The molecule has 0 bridgehead atoms. The van der Waals surface area contributed by atoms with Crippen LogP contribution in [0.2, 0.25) is 0 Å². The number of rotatable bonds is 40. The van der Waals surface area contributed by atoms with E-state index in [4.69, 9.17) is 28.4 Å². The van der Waals surface area contributed by atoms with E-state index >= 15 is 0 Å². The van der Waals surface area contributed by atoms with Crippen molar-refractivity contribution in [1.29, 1.82) is 0 Å². The number of aliphatic hydroxyl groups is 1. The molecule has 35 nitrogen and oxygen atoms in total. The Kier molecular flexibility index (Phi) is 40.7. The number of hydrogen-bond donors (Lipinski definition) is 7. The maximum atomic E-state index is 14.3. The van der Waals surface area contributed by atoms with Gasteiger partial charge in [-0.25, -0.2) is 54.9 Å². The second-order valence-electron chi connectivity index (χ2n) is 38.9. The van der Waals surface area contributed by atoms with Crippen LogP contribution in [-0.4, -0.2) is 286 Å². The summed E-state index contributed by atoms with van der Waals surface area (Å²) in [7, 11) is -14.5. The van der Waals surface area contributed by atoms with Gasteiger partial charge < -0.3 is 65.4 Å². The zero-order valence-electron chi connectivity index (χ0n) is 85.6. The molecule has 6 aromatic rings. The Morgan fingerprint density at radius 1 is 0.392 bits per heavy atom. The summed E-state index contributed by atoms with van der Waals surface area (Å²) in [5.74, 6) is 9.25. The van der Waals surface area contributed by atoms with Crippen molar-refractivity contribution in [2.45, 2.75) is 155 Å². The van der Waals surface area contributed by atoms with Gasteiger partial charge in [0.05, 0.1) is 103 Å². The highest BCUT2D eigenvalue weighted by atomic mass is 32.2. The zero-order valence-corrected chi connectivity index (χ0v) is 90.5. The Labute approximate surface area is 842 Å². The van der Waals surface area contributed by atoms with Crippen LogP contribution in [0.3, 0.4) is 0 Å². The minimum Gasteiger partial charge on any atom is -0.485 e. The molecule has 2 fully saturated rings. The third-order valence-corrected chi connectivity index (χ3v) is 32.3. The number of benzene rings is 6. The van der Waals surface area contributed by atoms with Crippen molar-refractivity contribution in [3.8, 4) is 34.5 Å². The smallest absolute Gasteiger partial charge is 0.418 e. The molecule has 6 aliphatic heterocycles. The lowest BCUT2D eigenvalue weighted by atomic mass is 9.87. The van der Waals surface area contributed by atoms with E-state index in [-0.39, 0.29) is 36.5 Å². The number of sulfonamides is 4. The van der Waals surface area contributed by atoms with Crippen LogP contribution in [-0.2, 0) is 96.6 Å². The Morgan fingerprint density at radius 3 is 0.972 bits per heavy atom. The molecule has 0 amide bonds. The van der Waals surface area contributed by atoms with E-state index in [2.05, 4.69) is 110 Å². The van der Waals surface area contributed by atoms with Crippen LogP contribution in [0.15, 0.2) is 139 Å². The molecule has 45 heteroatoms. The molecule has 0 aromatic heterocycles. The summed E-state index contributed by atoms with van der Waals surface area (Å²) >= 11 is 0. The standard InChI is InChI=1S/C18H26N2O3S.C17H27N3O3S.C17H26N2O3S.C16H24FN3O3S.C16H23N3O3S.C14H18F3N3O4S/c1-13(2)11-14-15(18(7-8-18)24(3,21)22)5-4-6-16(14)23-12-17-19-9-10-20-17;1-17(2,3)11-13-14(20(4)24(5,21)22)7-6-8-15(13)23-12-16-18-9-10-19-16;1-12(2)10-15-14(13(3)23(4,20)21)6-5-7-16(15)22-11-17-18-8-9-19-17;1-16(2,17)10-12-13(20(3)24(4,21)22)6-5-7-14(12)23-11-15-18-8-9-19-15;1-19(23(2,20)21)14-4-3-5-15(13(14)10-12-6-7-12)22-11-16-17-8-9-18-16;1-20(25(2,22)23)9-4-3-5-10(12(9)13(21)14(15,16)17)24-8-11-18-6-7-19-11/h4-6,13H,7-12H2,1-3H3,(H,19,20);6-8H,9-12H2,1-5H3,(H,18,19);5-7,12-13H,8-11H2,1-4H3,(H,18,19);5-7H,8-11H2,1-4H3,(H,18,19);3-5,12H,6-11H2,1-2H3,(H,17,18);3-5,13,21H,6-8H2,1-2H3,(H,18,19). The molecule has 6 heterocycles. The number of anilines is 4. The van der Waals surface area contributed by atoms with Crippen LogP contribution in [0.4, 0.5) is 40.3 Å². The highest BCUT2D eigenvalue weighted by Gasteiger charge is 2.55. The number of alkyl halides is 4. The first-order valence-corrected chi connectivity index (χ1v) is 58.7. The van der Waals surface area contributed by atoms with Crippen molar-refractivity contribution in [2.24, 2.45) is 53.1 Å². The van der Waals surface area contributed by atoms with Gasteiger partial charge in [0.2, 0.25) is 40.1 Å². The first kappa shape index (κ1) is 116. The second-order valence-corrected chi connectivity index (χ2v) is 51.6. The Hall–Kier alpha value is -10.5. The summed E-state index contributed by atoms with van der Waals surface area (Å²) in [5.41, 5.74) is 5.48. The molecule has 0 spiro atoms. The quantitative estimate of drug-likeness (QED) is 0.0176. The van der Waals surface area contributed by atoms with E-state index in [0.29, 0.717) is 127 Å². The van der Waals surface area contributed by atoms with Gasteiger partial charge in [0.25, 0.3) is 0 Å². The SMILES string of the molecule is CC(C)Cc1c(OCC2=NCCN2)cccc1C(C)S(C)(=O)=O.CC(C)Cc1c(OCC2=NCCN2)cccc1C1(S(C)(=O)=O)CC1.CN(c1cccc(OCC2=NCCN2)c1C(O)C(F)(F)F)S(C)(=O)=O.CN(c1cccc(OCC2=NCCN2)c1CC(C)(C)C)S(C)(=O)=O.CN(c1cccc(OCC2=NCCN2)c1CC(C)(C)F)S(C)(=O)=O.CN(c1cccc(OCC2=NCCN2)c1CC1CC1)S(C)(=O)=O. The van der Waals surface area contributed by atoms with E-state index < -0.39 is 93.3 Å². The van der Waals surface area contributed by atoms with Crippen LogP contribution in [0.5, 0.6) is 34.5 Å². The molecule has 0 saturated heterocycles. The number of nitrogens with zero attached hydrogens (tertiary/aromatic N) is 10. The largest absolute Gasteiger partial charge is 0.485 e. The second kappa shape index (κ2) is 50.1. The summed E-state index contributed by atoms with van der Waals surface area (Å²) in [5, 5.41) is 27.9. The van der Waals surface area contributed by atoms with Gasteiger partial charge in [-0.2, -0.15) is 13.2 Å². The van der Waals surface area contributed by atoms with Crippen molar-refractivity contribution in [2.75, 3.05) is 201 Å². The van der Waals surface area contributed by atoms with Crippen LogP contribution >= 0.6 is 0 Å².